The Kier molecular flexibility index (Phi) is 4.11. The van der Waals surface area contributed by atoms with Gasteiger partial charge < -0.3 is 0 Å². The van der Waals surface area contributed by atoms with E-state index in [2.05, 4.69) is 59.4 Å². The molecule has 5 heteroatoms. The molecule has 0 radical (unpaired) electrons. The summed E-state index contributed by atoms with van der Waals surface area (Å²) in [6, 6.07) is 16.6. The van der Waals surface area contributed by atoms with E-state index in [-0.39, 0.29) is 5.56 Å². The maximum absolute atomic E-state index is 12.3. The van der Waals surface area contributed by atoms with Crippen molar-refractivity contribution in [3.05, 3.63) is 81.2 Å². The van der Waals surface area contributed by atoms with Gasteiger partial charge in [-0.1, -0.05) is 36.4 Å². The highest BCUT2D eigenvalue weighted by Gasteiger charge is 2.09. The molecule has 0 amide bonds. The third kappa shape index (κ3) is 3.21. The fraction of sp³-hybridized carbons (Fsp3) is 0.200. The Hall–Kier alpha value is -2.50. The summed E-state index contributed by atoms with van der Waals surface area (Å²) in [4.78, 5) is 19.9. The first-order valence-electron chi connectivity index (χ1n) is 8.23. The van der Waals surface area contributed by atoms with E-state index in [4.69, 9.17) is 0 Å². The molecule has 0 atom stereocenters. The molecule has 4 aromatic rings. The van der Waals surface area contributed by atoms with E-state index in [9.17, 15) is 4.79 Å². The highest BCUT2D eigenvalue weighted by atomic mass is 32.1. The number of thiazole rings is 1. The molecule has 4 rings (SSSR count). The fourth-order valence-electron chi connectivity index (χ4n) is 3.16. The molecule has 0 bridgehead atoms. The average Bonchev–Trinajstić information content (AvgIpc) is 2.96. The van der Waals surface area contributed by atoms with E-state index in [0.29, 0.717) is 6.54 Å². The number of hydrogen-bond acceptors (Lipinski definition) is 4. The Bertz CT molecular complexity index is 1110. The summed E-state index contributed by atoms with van der Waals surface area (Å²) in [6.07, 6.45) is 0. The highest BCUT2D eigenvalue weighted by molar-refractivity contribution is 7.15. The molecule has 0 saturated heterocycles. The fourth-order valence-corrected chi connectivity index (χ4v) is 4.05. The zero-order valence-corrected chi connectivity index (χ0v) is 15.1. The van der Waals surface area contributed by atoms with E-state index in [1.54, 1.807) is 10.5 Å². The predicted molar refractivity (Wildman–Crippen MR) is 103 cm³/mol. The number of hydrogen-bond donors (Lipinski definition) is 0. The summed E-state index contributed by atoms with van der Waals surface area (Å²) in [5.74, 6) is 0. The first kappa shape index (κ1) is 16.0. The van der Waals surface area contributed by atoms with Crippen molar-refractivity contribution in [1.82, 2.24) is 14.3 Å². The van der Waals surface area contributed by atoms with Gasteiger partial charge in [0.15, 0.2) is 4.96 Å². The molecular formula is C20H19N3OS. The minimum absolute atomic E-state index is 0.00199. The number of fused-ring (bicyclic) bond motifs is 2. The molecule has 0 aliphatic rings. The summed E-state index contributed by atoms with van der Waals surface area (Å²) < 4.78 is 1.66. The smallest absolute Gasteiger partial charge is 0.259 e. The summed E-state index contributed by atoms with van der Waals surface area (Å²) >= 11 is 1.51. The second-order valence-corrected chi connectivity index (χ2v) is 7.27. The number of benzene rings is 2. The molecule has 126 valence electrons. The Morgan fingerprint density at radius 2 is 1.88 bits per heavy atom. The van der Waals surface area contributed by atoms with E-state index in [1.165, 1.54) is 27.7 Å². The van der Waals surface area contributed by atoms with Gasteiger partial charge >= 0.3 is 0 Å². The van der Waals surface area contributed by atoms with E-state index in [0.717, 1.165) is 22.9 Å². The third-order valence-corrected chi connectivity index (χ3v) is 5.27. The quantitative estimate of drug-likeness (QED) is 0.562. The van der Waals surface area contributed by atoms with Crippen LogP contribution in [-0.2, 0) is 13.1 Å². The summed E-state index contributed by atoms with van der Waals surface area (Å²) in [5, 5.41) is 4.47. The number of nitrogens with zero attached hydrogens (tertiary/aromatic N) is 3. The number of aromatic nitrogens is 2. The Labute approximate surface area is 150 Å². The molecule has 0 fully saturated rings. The zero-order valence-electron chi connectivity index (χ0n) is 14.3. The summed E-state index contributed by atoms with van der Waals surface area (Å²) in [6.45, 7) is 3.39. The minimum Gasteiger partial charge on any atom is -0.296 e. The molecule has 0 aliphatic heterocycles. The molecule has 0 N–H and O–H groups in total. The van der Waals surface area contributed by atoms with Crippen LogP contribution >= 0.6 is 11.3 Å². The molecule has 25 heavy (non-hydrogen) atoms. The topological polar surface area (TPSA) is 37.6 Å². The van der Waals surface area contributed by atoms with E-state index < -0.39 is 0 Å². The van der Waals surface area contributed by atoms with Gasteiger partial charge in [0.2, 0.25) is 0 Å². The number of rotatable bonds is 4. The SMILES string of the molecule is Cc1csc2nc(CN(C)Cc3ccc4ccccc4c3)cc(=O)n12. The van der Waals surface area contributed by atoms with Crippen molar-refractivity contribution in [2.75, 3.05) is 7.05 Å². The standard InChI is InChI=1S/C20H19N3OS/c1-14-13-25-20-21-18(10-19(24)23(14)20)12-22(2)11-15-7-8-16-5-3-4-6-17(16)9-15/h3-10,13H,11-12H2,1-2H3. The van der Waals surface area contributed by atoms with Crippen molar-refractivity contribution in [3.8, 4) is 0 Å². The lowest BCUT2D eigenvalue weighted by molar-refractivity contribution is 0.315. The molecular weight excluding hydrogens is 330 g/mol. The third-order valence-electron chi connectivity index (χ3n) is 4.33. The molecule has 0 unspecified atom stereocenters. The van der Waals surface area contributed by atoms with Crippen molar-refractivity contribution in [2.24, 2.45) is 0 Å². The van der Waals surface area contributed by atoms with Crippen LogP contribution in [-0.4, -0.2) is 21.3 Å². The van der Waals surface area contributed by atoms with Crippen molar-refractivity contribution in [3.63, 3.8) is 0 Å². The molecule has 2 heterocycles. The van der Waals surface area contributed by atoms with Crippen molar-refractivity contribution >= 4 is 27.1 Å². The molecule has 4 nitrogen and oxygen atoms in total. The maximum atomic E-state index is 12.3. The second kappa shape index (κ2) is 6.43. The first-order valence-corrected chi connectivity index (χ1v) is 9.11. The van der Waals surface area contributed by atoms with Crippen LogP contribution in [0.3, 0.4) is 0 Å². The van der Waals surface area contributed by atoms with Gasteiger partial charge in [-0.25, -0.2) is 4.98 Å². The Morgan fingerprint density at radius 3 is 2.72 bits per heavy atom. The summed E-state index contributed by atoms with van der Waals surface area (Å²) in [7, 11) is 2.05. The average molecular weight is 349 g/mol. The van der Waals surface area contributed by atoms with Crippen LogP contribution in [0.25, 0.3) is 15.7 Å². The van der Waals surface area contributed by atoms with Crippen LogP contribution in [0, 0.1) is 6.92 Å². The zero-order chi connectivity index (χ0) is 17.4. The molecule has 2 aromatic heterocycles. The predicted octanol–water partition coefficient (Wildman–Crippen LogP) is 3.85. The Balaban J connectivity index is 1.55. The number of aryl methyl sites for hydroxylation is 1. The van der Waals surface area contributed by atoms with Gasteiger partial charge in [0.05, 0.1) is 5.69 Å². The van der Waals surface area contributed by atoms with Gasteiger partial charge in [-0.05, 0) is 36.4 Å². The molecule has 0 spiro atoms. The Morgan fingerprint density at radius 1 is 1.08 bits per heavy atom. The lowest BCUT2D eigenvalue weighted by Gasteiger charge is -2.16. The van der Waals surface area contributed by atoms with E-state index in [1.807, 2.05) is 12.3 Å². The van der Waals surface area contributed by atoms with Gasteiger partial charge in [-0.15, -0.1) is 11.3 Å². The van der Waals surface area contributed by atoms with Crippen molar-refractivity contribution in [2.45, 2.75) is 20.0 Å². The van der Waals surface area contributed by atoms with Gasteiger partial charge in [0, 0.05) is 30.2 Å². The second-order valence-electron chi connectivity index (χ2n) is 6.43. The van der Waals surface area contributed by atoms with Gasteiger partial charge in [-0.3, -0.25) is 14.1 Å². The lowest BCUT2D eigenvalue weighted by atomic mass is 10.1. The minimum atomic E-state index is -0.00199. The molecule has 2 aromatic carbocycles. The van der Waals surface area contributed by atoms with Crippen LogP contribution in [0.1, 0.15) is 17.0 Å². The first-order chi connectivity index (χ1) is 12.1. The lowest BCUT2D eigenvalue weighted by Crippen LogP contribution is -2.21. The normalized spacial score (nSPS) is 11.6. The van der Waals surface area contributed by atoms with Crippen LogP contribution in [0.15, 0.2) is 58.7 Å². The maximum Gasteiger partial charge on any atom is 0.259 e. The monoisotopic (exact) mass is 349 g/mol. The van der Waals surface area contributed by atoms with Crippen LogP contribution in [0.4, 0.5) is 0 Å². The highest BCUT2D eigenvalue weighted by Crippen LogP contribution is 2.17. The summed E-state index contributed by atoms with van der Waals surface area (Å²) in [5.41, 5.74) is 3.01. The van der Waals surface area contributed by atoms with Crippen LogP contribution < -0.4 is 5.56 Å². The van der Waals surface area contributed by atoms with Crippen molar-refractivity contribution < 1.29 is 0 Å². The van der Waals surface area contributed by atoms with Crippen LogP contribution in [0.2, 0.25) is 0 Å². The molecule has 0 aliphatic carbocycles. The van der Waals surface area contributed by atoms with E-state index >= 15 is 0 Å². The van der Waals surface area contributed by atoms with Gasteiger partial charge in [0.1, 0.15) is 0 Å². The van der Waals surface area contributed by atoms with Crippen molar-refractivity contribution in [1.29, 1.82) is 0 Å². The van der Waals surface area contributed by atoms with Crippen LogP contribution in [0.5, 0.6) is 0 Å². The molecule has 0 saturated carbocycles. The van der Waals surface area contributed by atoms with Gasteiger partial charge in [0.25, 0.3) is 5.56 Å². The van der Waals surface area contributed by atoms with Gasteiger partial charge in [-0.2, -0.15) is 0 Å². The largest absolute Gasteiger partial charge is 0.296 e.